The van der Waals surface area contributed by atoms with E-state index in [1.54, 1.807) is 0 Å². The lowest BCUT2D eigenvalue weighted by atomic mass is 9.97. The Morgan fingerprint density at radius 3 is 2.21 bits per heavy atom. The first kappa shape index (κ1) is 16.0. The normalized spacial score (nSPS) is 13.6. The second kappa shape index (κ2) is 6.93. The molecule has 0 amide bonds. The van der Waals surface area contributed by atoms with Gasteiger partial charge in [-0.15, -0.1) is 0 Å². The molecule has 1 unspecified atom stereocenters. The van der Waals surface area contributed by atoms with E-state index in [1.807, 2.05) is 13.8 Å². The van der Waals surface area contributed by atoms with Crippen LogP contribution < -0.4 is 5.32 Å². The molecule has 0 radical (unpaired) electrons. The van der Waals surface area contributed by atoms with Crippen molar-refractivity contribution in [2.75, 3.05) is 13.1 Å². The van der Waals surface area contributed by atoms with Crippen LogP contribution in [0.15, 0.2) is 18.2 Å². The van der Waals surface area contributed by atoms with Gasteiger partial charge >= 0.3 is 0 Å². The highest BCUT2D eigenvalue weighted by Crippen LogP contribution is 2.20. The van der Waals surface area contributed by atoms with Gasteiger partial charge in [-0.1, -0.05) is 19.9 Å². The van der Waals surface area contributed by atoms with Crippen LogP contribution in [0, 0.1) is 11.6 Å². The van der Waals surface area contributed by atoms with E-state index in [-0.39, 0.29) is 18.7 Å². The zero-order valence-electron chi connectivity index (χ0n) is 11.3. The van der Waals surface area contributed by atoms with Crippen LogP contribution >= 0.6 is 0 Å². The number of aliphatic hydroxyl groups is 2. The molecular weight excluding hydrogens is 252 g/mol. The third-order valence-electron chi connectivity index (χ3n) is 3.44. The molecule has 1 aromatic carbocycles. The second-order valence-corrected chi connectivity index (χ2v) is 4.71. The first-order chi connectivity index (χ1) is 8.93. The van der Waals surface area contributed by atoms with Crippen molar-refractivity contribution >= 4 is 0 Å². The highest BCUT2D eigenvalue weighted by atomic mass is 19.1. The molecule has 0 bridgehead atoms. The van der Waals surface area contributed by atoms with Crippen molar-refractivity contribution in [3.63, 3.8) is 0 Å². The van der Waals surface area contributed by atoms with Gasteiger partial charge in [0.2, 0.25) is 0 Å². The summed E-state index contributed by atoms with van der Waals surface area (Å²) in [5.41, 5.74) is -1.19. The van der Waals surface area contributed by atoms with E-state index >= 15 is 0 Å². The van der Waals surface area contributed by atoms with Gasteiger partial charge in [-0.05, 0) is 25.0 Å². The van der Waals surface area contributed by atoms with Crippen molar-refractivity contribution in [1.29, 1.82) is 0 Å². The fraction of sp³-hybridized carbons (Fsp3) is 0.571. The largest absolute Gasteiger partial charge is 0.389 e. The van der Waals surface area contributed by atoms with Gasteiger partial charge < -0.3 is 15.5 Å². The van der Waals surface area contributed by atoms with Gasteiger partial charge in [0, 0.05) is 13.1 Å². The molecule has 0 aliphatic heterocycles. The molecule has 0 heterocycles. The third-order valence-corrected chi connectivity index (χ3v) is 3.44. The van der Waals surface area contributed by atoms with E-state index in [0.29, 0.717) is 12.8 Å². The Balaban J connectivity index is 2.59. The first-order valence-corrected chi connectivity index (χ1v) is 6.48. The molecule has 0 aromatic heterocycles. The Morgan fingerprint density at radius 2 is 1.74 bits per heavy atom. The predicted molar refractivity (Wildman–Crippen MR) is 69.7 cm³/mol. The Bertz CT molecular complexity index is 388. The van der Waals surface area contributed by atoms with E-state index in [1.165, 1.54) is 6.07 Å². The van der Waals surface area contributed by atoms with Gasteiger partial charge in [-0.2, -0.15) is 0 Å². The molecule has 19 heavy (non-hydrogen) atoms. The average molecular weight is 273 g/mol. The summed E-state index contributed by atoms with van der Waals surface area (Å²) < 4.78 is 26.8. The molecule has 3 nitrogen and oxygen atoms in total. The fourth-order valence-corrected chi connectivity index (χ4v) is 1.87. The van der Waals surface area contributed by atoms with Gasteiger partial charge in [0.15, 0.2) is 0 Å². The summed E-state index contributed by atoms with van der Waals surface area (Å²) in [7, 11) is 0. The lowest BCUT2D eigenvalue weighted by molar-refractivity contribution is 0.0291. The number of halogens is 2. The van der Waals surface area contributed by atoms with Gasteiger partial charge in [0.1, 0.15) is 11.6 Å². The fourth-order valence-electron chi connectivity index (χ4n) is 1.87. The Hall–Kier alpha value is -1.04. The summed E-state index contributed by atoms with van der Waals surface area (Å²) in [6.45, 7) is 3.98. The first-order valence-electron chi connectivity index (χ1n) is 6.48. The van der Waals surface area contributed by atoms with Crippen LogP contribution in [0.25, 0.3) is 0 Å². The van der Waals surface area contributed by atoms with Crippen LogP contribution in [0.2, 0.25) is 0 Å². The zero-order chi connectivity index (χ0) is 14.5. The molecule has 108 valence electrons. The van der Waals surface area contributed by atoms with Crippen LogP contribution in [0.1, 0.15) is 38.4 Å². The van der Waals surface area contributed by atoms with Crippen LogP contribution in [0.3, 0.4) is 0 Å². The van der Waals surface area contributed by atoms with Crippen LogP contribution in [-0.2, 0) is 0 Å². The standard InChI is InChI=1S/C14H21F2NO2/c1-3-14(19,4-2)9-17-8-12(18)13-10(15)6-5-7-11(13)16/h5-7,12,17-19H,3-4,8-9H2,1-2H3. The quantitative estimate of drug-likeness (QED) is 0.713. The van der Waals surface area contributed by atoms with Gasteiger partial charge in [-0.3, -0.25) is 0 Å². The smallest absolute Gasteiger partial charge is 0.131 e. The van der Waals surface area contributed by atoms with E-state index < -0.39 is 23.3 Å². The molecule has 0 aliphatic carbocycles. The van der Waals surface area contributed by atoms with Crippen molar-refractivity contribution in [1.82, 2.24) is 5.32 Å². The minimum absolute atomic E-state index is 0.0137. The summed E-state index contributed by atoms with van der Waals surface area (Å²) >= 11 is 0. The molecule has 0 saturated carbocycles. The van der Waals surface area contributed by atoms with E-state index in [2.05, 4.69) is 5.32 Å². The molecule has 0 fully saturated rings. The summed E-state index contributed by atoms with van der Waals surface area (Å²) in [4.78, 5) is 0. The van der Waals surface area contributed by atoms with Crippen LogP contribution in [-0.4, -0.2) is 28.9 Å². The van der Waals surface area contributed by atoms with E-state index in [9.17, 15) is 19.0 Å². The summed E-state index contributed by atoms with van der Waals surface area (Å²) in [6, 6.07) is 3.47. The minimum atomic E-state index is -1.28. The van der Waals surface area contributed by atoms with Crippen molar-refractivity contribution in [2.24, 2.45) is 0 Å². The SMILES string of the molecule is CCC(O)(CC)CNCC(O)c1c(F)cccc1F. The molecular formula is C14H21F2NO2. The number of hydrogen-bond donors (Lipinski definition) is 3. The third kappa shape index (κ3) is 4.23. The molecule has 1 aromatic rings. The summed E-state index contributed by atoms with van der Waals surface area (Å²) in [5, 5.41) is 22.7. The predicted octanol–water partition coefficient (Wildman–Crippen LogP) is 2.14. The average Bonchev–Trinajstić information content (AvgIpc) is 2.38. The molecule has 3 N–H and O–H groups in total. The summed E-state index contributed by atoms with van der Waals surface area (Å²) in [6.07, 6.45) is -0.138. The van der Waals surface area contributed by atoms with Gasteiger partial charge in [-0.25, -0.2) is 8.78 Å². The monoisotopic (exact) mass is 273 g/mol. The highest BCUT2D eigenvalue weighted by molar-refractivity contribution is 5.22. The topological polar surface area (TPSA) is 52.5 Å². The number of benzene rings is 1. The minimum Gasteiger partial charge on any atom is -0.389 e. The Labute approximate surface area is 112 Å². The lowest BCUT2D eigenvalue weighted by Gasteiger charge is -2.26. The summed E-state index contributed by atoms with van der Waals surface area (Å²) in [5.74, 6) is -1.54. The molecule has 1 atom stereocenters. The van der Waals surface area contributed by atoms with Gasteiger partial charge in [0.05, 0.1) is 17.3 Å². The Kier molecular flexibility index (Phi) is 5.85. The molecule has 0 spiro atoms. The lowest BCUT2D eigenvalue weighted by Crippen LogP contribution is -2.41. The van der Waals surface area contributed by atoms with Crippen molar-refractivity contribution in [3.8, 4) is 0 Å². The van der Waals surface area contributed by atoms with Crippen LogP contribution in [0.5, 0.6) is 0 Å². The maximum Gasteiger partial charge on any atom is 0.131 e. The van der Waals surface area contributed by atoms with Crippen molar-refractivity contribution in [3.05, 3.63) is 35.4 Å². The molecule has 0 saturated heterocycles. The molecule has 1 rings (SSSR count). The van der Waals surface area contributed by atoms with Crippen molar-refractivity contribution < 1.29 is 19.0 Å². The molecule has 5 heteroatoms. The number of hydrogen-bond acceptors (Lipinski definition) is 3. The maximum absolute atomic E-state index is 13.4. The van der Waals surface area contributed by atoms with Crippen LogP contribution in [0.4, 0.5) is 8.78 Å². The van der Waals surface area contributed by atoms with E-state index in [4.69, 9.17) is 0 Å². The number of rotatable bonds is 7. The number of nitrogens with one attached hydrogen (secondary N) is 1. The van der Waals surface area contributed by atoms with E-state index in [0.717, 1.165) is 12.1 Å². The number of aliphatic hydroxyl groups excluding tert-OH is 1. The maximum atomic E-state index is 13.4. The highest BCUT2D eigenvalue weighted by Gasteiger charge is 2.23. The molecule has 0 aliphatic rings. The second-order valence-electron chi connectivity index (χ2n) is 4.71. The van der Waals surface area contributed by atoms with Crippen molar-refractivity contribution in [2.45, 2.75) is 38.4 Å². The Morgan fingerprint density at radius 1 is 1.21 bits per heavy atom. The van der Waals surface area contributed by atoms with Gasteiger partial charge in [0.25, 0.3) is 0 Å². The zero-order valence-corrected chi connectivity index (χ0v) is 11.3.